The minimum absolute atomic E-state index is 0.00931. The SMILES string of the molecule is Cc1c(-c2ccc(N3CCS(=O)(=O)CC3)cc2)c([C@@H]2CCC(F)(F)C[C@H]2C(=O)N[C@H](C#N)C(C)C)nn1-c1ccc(F)cn1. The highest BCUT2D eigenvalue weighted by Crippen LogP contribution is 2.48. The van der Waals surface area contributed by atoms with Gasteiger partial charge in [0.05, 0.1) is 41.1 Å². The molecule has 3 heterocycles. The number of hydrogen-bond donors (Lipinski definition) is 1. The first-order valence-electron chi connectivity index (χ1n) is 14.6. The maximum absolute atomic E-state index is 14.8. The average Bonchev–Trinajstić information content (AvgIpc) is 3.32. The summed E-state index contributed by atoms with van der Waals surface area (Å²) in [5.41, 5.74) is 3.30. The third-order valence-electron chi connectivity index (χ3n) is 8.55. The summed E-state index contributed by atoms with van der Waals surface area (Å²) >= 11 is 0. The van der Waals surface area contributed by atoms with Crippen LogP contribution in [0.5, 0.6) is 0 Å². The molecular formula is C31H35F3N6O3S. The fraction of sp³-hybridized carbons (Fsp3) is 0.484. The summed E-state index contributed by atoms with van der Waals surface area (Å²) in [6.45, 7) is 6.11. The molecule has 1 amide bonds. The Balaban J connectivity index is 1.57. The van der Waals surface area contributed by atoms with Crippen LogP contribution in [0.1, 0.15) is 50.4 Å². The number of alkyl halides is 2. The van der Waals surface area contributed by atoms with Crippen LogP contribution >= 0.6 is 0 Å². The summed E-state index contributed by atoms with van der Waals surface area (Å²) in [5.74, 6) is -5.77. The van der Waals surface area contributed by atoms with Gasteiger partial charge in [-0.3, -0.25) is 4.79 Å². The van der Waals surface area contributed by atoms with E-state index >= 15 is 0 Å². The van der Waals surface area contributed by atoms with Crippen molar-refractivity contribution in [3.05, 3.63) is 59.8 Å². The Hall–Kier alpha value is -3.92. The summed E-state index contributed by atoms with van der Waals surface area (Å²) in [4.78, 5) is 19.7. The number of halogens is 3. The monoisotopic (exact) mass is 628 g/mol. The molecule has 2 fully saturated rings. The molecule has 1 aliphatic heterocycles. The minimum atomic E-state index is -3.06. The molecule has 234 valence electrons. The first kappa shape index (κ1) is 31.5. The lowest BCUT2D eigenvalue weighted by molar-refractivity contribution is -0.134. The van der Waals surface area contributed by atoms with Crippen LogP contribution in [0.25, 0.3) is 16.9 Å². The standard InChI is InChI=1S/C31H35F3N6O3S/c1-19(2)26(17-35)37-30(41)25-16-31(33,34)11-10-24(25)29-28(20(3)40(38-29)27-9-6-22(32)18-36-27)21-4-7-23(8-5-21)39-12-14-44(42,43)15-13-39/h4-9,18-19,24-26H,10-16H2,1-3H3,(H,37,41)/t24-,25-,26-/m1/s1. The predicted octanol–water partition coefficient (Wildman–Crippen LogP) is 4.80. The molecule has 1 aromatic carbocycles. The number of hydrogen-bond acceptors (Lipinski definition) is 7. The Morgan fingerprint density at radius 2 is 1.82 bits per heavy atom. The number of amides is 1. The van der Waals surface area contributed by atoms with Crippen LogP contribution in [-0.2, 0) is 14.6 Å². The van der Waals surface area contributed by atoms with Gasteiger partial charge in [-0.1, -0.05) is 26.0 Å². The fourth-order valence-electron chi connectivity index (χ4n) is 6.01. The molecule has 1 saturated heterocycles. The number of carbonyl (C=O) groups is 1. The molecule has 0 radical (unpaired) electrons. The third-order valence-corrected chi connectivity index (χ3v) is 10.2. The quantitative estimate of drug-likeness (QED) is 0.399. The highest BCUT2D eigenvalue weighted by Gasteiger charge is 2.47. The lowest BCUT2D eigenvalue weighted by atomic mass is 9.73. The molecule has 3 aromatic rings. The maximum Gasteiger partial charge on any atom is 0.249 e. The van der Waals surface area contributed by atoms with Gasteiger partial charge in [0.2, 0.25) is 11.8 Å². The number of aromatic nitrogens is 3. The third kappa shape index (κ3) is 6.60. The molecule has 3 atom stereocenters. The number of nitrogens with zero attached hydrogens (tertiary/aromatic N) is 5. The molecule has 0 bridgehead atoms. The second-order valence-electron chi connectivity index (χ2n) is 11.9. The maximum atomic E-state index is 14.8. The van der Waals surface area contributed by atoms with Gasteiger partial charge in [-0.15, -0.1) is 0 Å². The van der Waals surface area contributed by atoms with Crippen molar-refractivity contribution in [3.8, 4) is 23.0 Å². The van der Waals surface area contributed by atoms with E-state index < -0.39 is 58.2 Å². The first-order chi connectivity index (χ1) is 20.8. The number of rotatable bonds is 7. The molecule has 2 aliphatic rings. The van der Waals surface area contributed by atoms with Crippen LogP contribution in [0.4, 0.5) is 18.9 Å². The fourth-order valence-corrected chi connectivity index (χ4v) is 7.21. The van der Waals surface area contributed by atoms with Gasteiger partial charge in [0, 0.05) is 43.1 Å². The van der Waals surface area contributed by atoms with Crippen LogP contribution in [-0.4, -0.2) is 65.6 Å². The van der Waals surface area contributed by atoms with E-state index in [4.69, 9.17) is 5.10 Å². The second-order valence-corrected chi connectivity index (χ2v) is 14.3. The molecule has 44 heavy (non-hydrogen) atoms. The van der Waals surface area contributed by atoms with Gasteiger partial charge < -0.3 is 10.2 Å². The van der Waals surface area contributed by atoms with E-state index in [2.05, 4.69) is 10.3 Å². The number of anilines is 1. The highest BCUT2D eigenvalue weighted by atomic mass is 32.2. The van der Waals surface area contributed by atoms with E-state index in [0.717, 1.165) is 17.4 Å². The molecule has 0 unspecified atom stereocenters. The number of carbonyl (C=O) groups excluding carboxylic acids is 1. The van der Waals surface area contributed by atoms with Crippen LogP contribution in [0, 0.1) is 35.9 Å². The van der Waals surface area contributed by atoms with E-state index in [1.807, 2.05) is 35.2 Å². The zero-order valence-corrected chi connectivity index (χ0v) is 25.6. The molecule has 0 spiro atoms. The van der Waals surface area contributed by atoms with E-state index in [0.29, 0.717) is 35.9 Å². The Labute approximate surface area is 255 Å². The van der Waals surface area contributed by atoms with Crippen LogP contribution in [0.2, 0.25) is 0 Å². The summed E-state index contributed by atoms with van der Waals surface area (Å²) in [6.07, 6.45) is -0.0552. The Kier molecular flexibility index (Phi) is 8.75. The molecule has 1 aliphatic carbocycles. The topological polar surface area (TPSA) is 121 Å². The van der Waals surface area contributed by atoms with Crippen LogP contribution in [0.15, 0.2) is 42.6 Å². The second kappa shape index (κ2) is 12.2. The first-order valence-corrected chi connectivity index (χ1v) is 16.5. The van der Waals surface area contributed by atoms with Gasteiger partial charge in [0.15, 0.2) is 15.7 Å². The van der Waals surface area contributed by atoms with Crippen molar-refractivity contribution in [1.82, 2.24) is 20.1 Å². The van der Waals surface area contributed by atoms with Crippen molar-refractivity contribution in [2.24, 2.45) is 11.8 Å². The Morgan fingerprint density at radius 3 is 2.41 bits per heavy atom. The van der Waals surface area contributed by atoms with Gasteiger partial charge in [0.1, 0.15) is 11.9 Å². The van der Waals surface area contributed by atoms with Gasteiger partial charge >= 0.3 is 0 Å². The highest BCUT2D eigenvalue weighted by molar-refractivity contribution is 7.91. The zero-order valence-electron chi connectivity index (χ0n) is 24.8. The van der Waals surface area contributed by atoms with Crippen molar-refractivity contribution in [3.63, 3.8) is 0 Å². The molecule has 9 nitrogen and oxygen atoms in total. The van der Waals surface area contributed by atoms with E-state index in [1.165, 1.54) is 16.8 Å². The van der Waals surface area contributed by atoms with Gasteiger partial charge in [0.25, 0.3) is 0 Å². The Bertz CT molecular complexity index is 1650. The smallest absolute Gasteiger partial charge is 0.249 e. The number of nitriles is 1. The lowest BCUT2D eigenvalue weighted by Crippen LogP contribution is -2.46. The van der Waals surface area contributed by atoms with Crippen molar-refractivity contribution in [2.45, 2.75) is 57.9 Å². The zero-order chi connectivity index (χ0) is 31.8. The molecule has 1 N–H and O–H groups in total. The van der Waals surface area contributed by atoms with Crippen LogP contribution < -0.4 is 10.2 Å². The molecule has 13 heteroatoms. The molecule has 5 rings (SSSR count). The largest absolute Gasteiger partial charge is 0.369 e. The minimum Gasteiger partial charge on any atom is -0.369 e. The van der Waals surface area contributed by atoms with Gasteiger partial charge in [-0.25, -0.2) is 31.3 Å². The summed E-state index contributed by atoms with van der Waals surface area (Å²) in [7, 11) is -3.05. The van der Waals surface area contributed by atoms with E-state index in [1.54, 1.807) is 20.8 Å². The number of sulfone groups is 1. The summed E-state index contributed by atoms with van der Waals surface area (Å²) < 4.78 is 68.6. The van der Waals surface area contributed by atoms with Crippen molar-refractivity contribution < 1.29 is 26.4 Å². The van der Waals surface area contributed by atoms with Crippen molar-refractivity contribution in [2.75, 3.05) is 29.5 Å². The van der Waals surface area contributed by atoms with Crippen molar-refractivity contribution >= 4 is 21.4 Å². The van der Waals surface area contributed by atoms with Crippen LogP contribution in [0.3, 0.4) is 0 Å². The average molecular weight is 629 g/mol. The summed E-state index contributed by atoms with van der Waals surface area (Å²) in [5, 5.41) is 17.0. The van der Waals surface area contributed by atoms with Gasteiger partial charge in [-0.2, -0.15) is 10.4 Å². The van der Waals surface area contributed by atoms with E-state index in [-0.39, 0.29) is 23.8 Å². The molecule has 1 saturated carbocycles. The lowest BCUT2D eigenvalue weighted by Gasteiger charge is -2.35. The van der Waals surface area contributed by atoms with Gasteiger partial charge in [-0.05, 0) is 49.1 Å². The van der Waals surface area contributed by atoms with Crippen molar-refractivity contribution in [1.29, 1.82) is 5.26 Å². The molecular weight excluding hydrogens is 593 g/mol. The number of pyridine rings is 1. The predicted molar refractivity (Wildman–Crippen MR) is 160 cm³/mol. The number of benzene rings is 1. The normalized spacial score (nSPS) is 21.9. The Morgan fingerprint density at radius 1 is 1.14 bits per heavy atom. The summed E-state index contributed by atoms with van der Waals surface area (Å²) in [6, 6.07) is 11.4. The molecule has 2 aromatic heterocycles. The number of nitrogens with one attached hydrogen (secondary N) is 1. The van der Waals surface area contributed by atoms with E-state index in [9.17, 15) is 31.6 Å².